The van der Waals surface area contributed by atoms with E-state index in [1.807, 2.05) is 41.4 Å². The van der Waals surface area contributed by atoms with Gasteiger partial charge in [-0.15, -0.1) is 0 Å². The van der Waals surface area contributed by atoms with Crippen LogP contribution in [-0.4, -0.2) is 45.0 Å². The molecule has 0 aliphatic carbocycles. The van der Waals surface area contributed by atoms with E-state index in [-0.39, 0.29) is 23.6 Å². The number of ether oxygens (including phenoxy) is 1. The van der Waals surface area contributed by atoms with Gasteiger partial charge < -0.3 is 14.6 Å². The van der Waals surface area contributed by atoms with Crippen molar-refractivity contribution in [1.82, 2.24) is 19.9 Å². The van der Waals surface area contributed by atoms with Crippen molar-refractivity contribution in [2.24, 2.45) is 0 Å². The molecule has 0 spiro atoms. The van der Waals surface area contributed by atoms with E-state index in [0.717, 1.165) is 29.3 Å². The van der Waals surface area contributed by atoms with Gasteiger partial charge in [-0.2, -0.15) is 5.26 Å². The molecule has 1 fully saturated rings. The van der Waals surface area contributed by atoms with Gasteiger partial charge in [-0.1, -0.05) is 18.2 Å². The minimum Gasteiger partial charge on any atom is -0.470 e. The van der Waals surface area contributed by atoms with Crippen molar-refractivity contribution in [1.29, 1.82) is 5.26 Å². The topological polar surface area (TPSA) is 94.9 Å². The van der Waals surface area contributed by atoms with Crippen LogP contribution in [0.2, 0.25) is 0 Å². The molecule has 27 heavy (non-hydrogen) atoms. The second-order valence-electron chi connectivity index (χ2n) is 6.58. The monoisotopic (exact) mass is 361 g/mol. The average Bonchev–Trinajstić information content (AvgIpc) is 3.11. The molecule has 1 aliphatic rings. The zero-order chi connectivity index (χ0) is 18.6. The highest BCUT2D eigenvalue weighted by atomic mass is 16.5. The quantitative estimate of drug-likeness (QED) is 0.770. The number of para-hydroxylation sites is 1. The van der Waals surface area contributed by atoms with Crippen LogP contribution < -0.4 is 4.74 Å². The summed E-state index contributed by atoms with van der Waals surface area (Å²) < 4.78 is 5.87. The summed E-state index contributed by atoms with van der Waals surface area (Å²) >= 11 is 0. The van der Waals surface area contributed by atoms with Gasteiger partial charge in [0.1, 0.15) is 12.2 Å². The number of fused-ring (bicyclic) bond motifs is 1. The Morgan fingerprint density at radius 1 is 1.33 bits per heavy atom. The summed E-state index contributed by atoms with van der Waals surface area (Å²) in [6, 6.07) is 9.95. The van der Waals surface area contributed by atoms with E-state index < -0.39 is 0 Å². The van der Waals surface area contributed by atoms with Crippen molar-refractivity contribution in [2.75, 3.05) is 13.1 Å². The molecule has 3 heterocycles. The van der Waals surface area contributed by atoms with Crippen LogP contribution in [0.4, 0.5) is 0 Å². The molecule has 0 saturated carbocycles. The standard InChI is InChI=1S/C20H19N5O2/c21-11-18-20(23-8-7-22-18)27-15-4-3-9-25(13-15)19(26)10-14-12-24-17-6-2-1-5-16(14)17/h1-2,5-8,12,15,24H,3-4,9-10,13H2/t15-/m0/s1. The lowest BCUT2D eigenvalue weighted by atomic mass is 10.1. The van der Waals surface area contributed by atoms with E-state index in [1.165, 1.54) is 12.4 Å². The maximum Gasteiger partial charge on any atom is 0.251 e. The number of nitrogens with zero attached hydrogens (tertiary/aromatic N) is 4. The van der Waals surface area contributed by atoms with Crippen molar-refractivity contribution in [3.8, 4) is 11.9 Å². The van der Waals surface area contributed by atoms with Crippen LogP contribution in [0.15, 0.2) is 42.9 Å². The molecule has 1 amide bonds. The summed E-state index contributed by atoms with van der Waals surface area (Å²) in [6.45, 7) is 1.20. The second-order valence-corrected chi connectivity index (χ2v) is 6.58. The maximum absolute atomic E-state index is 12.8. The third-order valence-electron chi connectivity index (χ3n) is 4.80. The van der Waals surface area contributed by atoms with E-state index in [1.54, 1.807) is 0 Å². The predicted molar refractivity (Wildman–Crippen MR) is 99.0 cm³/mol. The van der Waals surface area contributed by atoms with Gasteiger partial charge in [0.25, 0.3) is 5.88 Å². The second kappa shape index (κ2) is 7.46. The molecule has 2 aromatic heterocycles. The number of benzene rings is 1. The van der Waals surface area contributed by atoms with Crippen LogP contribution in [-0.2, 0) is 11.2 Å². The Balaban J connectivity index is 1.43. The number of aromatic nitrogens is 3. The van der Waals surface area contributed by atoms with Crippen LogP contribution in [0, 0.1) is 11.3 Å². The first-order valence-corrected chi connectivity index (χ1v) is 8.95. The van der Waals surface area contributed by atoms with Crippen molar-refractivity contribution < 1.29 is 9.53 Å². The number of nitriles is 1. The molecule has 7 nitrogen and oxygen atoms in total. The molecule has 1 saturated heterocycles. The van der Waals surface area contributed by atoms with Crippen LogP contribution in [0.1, 0.15) is 24.1 Å². The van der Waals surface area contributed by atoms with E-state index in [4.69, 9.17) is 10.00 Å². The van der Waals surface area contributed by atoms with Gasteiger partial charge in [-0.3, -0.25) is 4.79 Å². The largest absolute Gasteiger partial charge is 0.470 e. The van der Waals surface area contributed by atoms with Gasteiger partial charge >= 0.3 is 0 Å². The molecule has 1 aromatic carbocycles. The van der Waals surface area contributed by atoms with E-state index >= 15 is 0 Å². The summed E-state index contributed by atoms with van der Waals surface area (Å²) in [7, 11) is 0. The smallest absolute Gasteiger partial charge is 0.251 e. The molecule has 0 unspecified atom stereocenters. The molecular formula is C20H19N5O2. The van der Waals surface area contributed by atoms with Crippen LogP contribution >= 0.6 is 0 Å². The highest BCUT2D eigenvalue weighted by Gasteiger charge is 2.26. The fourth-order valence-corrected chi connectivity index (χ4v) is 3.46. The lowest BCUT2D eigenvalue weighted by Crippen LogP contribution is -2.45. The van der Waals surface area contributed by atoms with Crippen molar-refractivity contribution in [2.45, 2.75) is 25.4 Å². The molecule has 4 rings (SSSR count). The van der Waals surface area contributed by atoms with Crippen molar-refractivity contribution in [3.63, 3.8) is 0 Å². The number of piperidine rings is 1. The first kappa shape index (κ1) is 17.0. The predicted octanol–water partition coefficient (Wildman–Crippen LogP) is 2.44. The van der Waals surface area contributed by atoms with Gasteiger partial charge in [0, 0.05) is 36.0 Å². The number of aromatic amines is 1. The Hall–Kier alpha value is -3.40. The molecule has 0 radical (unpaired) electrons. The number of H-pyrrole nitrogens is 1. The number of hydrogen-bond acceptors (Lipinski definition) is 5. The number of rotatable bonds is 4. The fourth-order valence-electron chi connectivity index (χ4n) is 3.46. The fraction of sp³-hybridized carbons (Fsp3) is 0.300. The van der Waals surface area contributed by atoms with Gasteiger partial charge in [0.05, 0.1) is 13.0 Å². The minimum atomic E-state index is -0.186. The van der Waals surface area contributed by atoms with Crippen molar-refractivity contribution >= 4 is 16.8 Å². The number of amides is 1. The van der Waals surface area contributed by atoms with Gasteiger partial charge in [-0.25, -0.2) is 9.97 Å². The van der Waals surface area contributed by atoms with Crippen LogP contribution in [0.5, 0.6) is 5.88 Å². The molecule has 7 heteroatoms. The molecule has 136 valence electrons. The number of hydrogen-bond donors (Lipinski definition) is 1. The minimum absolute atomic E-state index is 0.0766. The number of carbonyl (C=O) groups is 1. The molecule has 3 aromatic rings. The first-order chi connectivity index (χ1) is 13.2. The van der Waals surface area contributed by atoms with E-state index in [9.17, 15) is 4.79 Å². The van der Waals surface area contributed by atoms with E-state index in [0.29, 0.717) is 19.5 Å². The van der Waals surface area contributed by atoms with Crippen LogP contribution in [0.3, 0.4) is 0 Å². The van der Waals surface area contributed by atoms with Gasteiger partial charge in [0.15, 0.2) is 0 Å². The first-order valence-electron chi connectivity index (χ1n) is 8.95. The highest BCUT2D eigenvalue weighted by Crippen LogP contribution is 2.21. The summed E-state index contributed by atoms with van der Waals surface area (Å²) in [5, 5.41) is 10.2. The van der Waals surface area contributed by atoms with E-state index in [2.05, 4.69) is 15.0 Å². The Bertz CT molecular complexity index is 1010. The highest BCUT2D eigenvalue weighted by molar-refractivity contribution is 5.88. The number of nitrogens with one attached hydrogen (secondary N) is 1. The molecule has 0 bridgehead atoms. The Morgan fingerprint density at radius 3 is 3.07 bits per heavy atom. The molecule has 1 aliphatic heterocycles. The molecule has 1 atom stereocenters. The third-order valence-corrected chi connectivity index (χ3v) is 4.80. The van der Waals surface area contributed by atoms with Crippen molar-refractivity contribution in [3.05, 3.63) is 54.1 Å². The maximum atomic E-state index is 12.8. The van der Waals surface area contributed by atoms with Gasteiger partial charge in [-0.05, 0) is 24.5 Å². The lowest BCUT2D eigenvalue weighted by Gasteiger charge is -2.32. The van der Waals surface area contributed by atoms with Gasteiger partial charge in [0.2, 0.25) is 11.6 Å². The summed E-state index contributed by atoms with van der Waals surface area (Å²) in [6.07, 6.45) is 6.70. The summed E-state index contributed by atoms with van der Waals surface area (Å²) in [5.41, 5.74) is 2.20. The molecule has 1 N–H and O–H groups in total. The SMILES string of the molecule is N#Cc1nccnc1O[C@H]1CCCN(C(=O)Cc2c[nH]c3ccccc23)C1. The number of likely N-dealkylation sites (tertiary alicyclic amines) is 1. The zero-order valence-electron chi connectivity index (χ0n) is 14.8. The number of carbonyl (C=O) groups excluding carboxylic acids is 1. The van der Waals surface area contributed by atoms with Crippen LogP contribution in [0.25, 0.3) is 10.9 Å². The molecular weight excluding hydrogens is 342 g/mol. The summed E-state index contributed by atoms with van der Waals surface area (Å²) in [4.78, 5) is 25.9. The summed E-state index contributed by atoms with van der Waals surface area (Å²) in [5.74, 6) is 0.309. The Labute approximate surface area is 156 Å². The lowest BCUT2D eigenvalue weighted by molar-refractivity contribution is -0.133. The average molecular weight is 361 g/mol. The zero-order valence-corrected chi connectivity index (χ0v) is 14.8. The Kier molecular flexibility index (Phi) is 4.71. The normalized spacial score (nSPS) is 16.9. The third kappa shape index (κ3) is 3.60. The Morgan fingerprint density at radius 2 is 2.19 bits per heavy atom.